The molecule has 1 N–H and O–H groups in total. The molecule has 2 aromatic rings. The molecule has 0 saturated carbocycles. The van der Waals surface area contributed by atoms with Gasteiger partial charge in [0.05, 0.1) is 11.7 Å². The fraction of sp³-hybridized carbons (Fsp3) is 0.250. The molecular weight excluding hydrogens is 284 g/mol. The molecule has 1 aliphatic heterocycles. The van der Waals surface area contributed by atoms with Gasteiger partial charge in [0.25, 0.3) is 0 Å². The Morgan fingerprint density at radius 1 is 0.913 bits per heavy atom. The van der Waals surface area contributed by atoms with E-state index in [0.29, 0.717) is 6.42 Å². The molecule has 3 nitrogen and oxygen atoms in total. The summed E-state index contributed by atoms with van der Waals surface area (Å²) in [6.45, 7) is 0. The number of nitrogens with zero attached hydrogens (tertiary/aromatic N) is 1. The van der Waals surface area contributed by atoms with E-state index in [0.717, 1.165) is 25.0 Å². The number of hydrogen-bond acceptors (Lipinski definition) is 3. The van der Waals surface area contributed by atoms with Gasteiger partial charge in [-0.05, 0) is 36.5 Å². The van der Waals surface area contributed by atoms with Crippen LogP contribution in [0.4, 0.5) is 5.69 Å². The number of benzene rings is 2. The Bertz CT molecular complexity index is 751. The van der Waals surface area contributed by atoms with Crippen molar-refractivity contribution in [2.75, 3.05) is 5.01 Å². The Morgan fingerprint density at radius 2 is 1.70 bits per heavy atom. The predicted molar refractivity (Wildman–Crippen MR) is 91.9 cm³/mol. The zero-order chi connectivity index (χ0) is 15.6. The van der Waals surface area contributed by atoms with Crippen LogP contribution in [0.1, 0.15) is 36.4 Å². The number of allylic oxidation sites excluding steroid dienone is 2. The molecule has 0 amide bonds. The molecular formula is C20H20N2O. The van der Waals surface area contributed by atoms with Crippen LogP contribution < -0.4 is 10.4 Å². The number of nitrogens with one attached hydrogen (secondary N) is 1. The lowest BCUT2D eigenvalue weighted by atomic mass is 9.92. The molecule has 0 fully saturated rings. The van der Waals surface area contributed by atoms with Gasteiger partial charge in [0.1, 0.15) is 0 Å². The van der Waals surface area contributed by atoms with Gasteiger partial charge in [-0.2, -0.15) is 0 Å². The highest BCUT2D eigenvalue weighted by Gasteiger charge is 2.28. The van der Waals surface area contributed by atoms with Crippen molar-refractivity contribution >= 4 is 11.5 Å². The van der Waals surface area contributed by atoms with E-state index >= 15 is 0 Å². The minimum absolute atomic E-state index is 0.217. The Hall–Kier alpha value is -2.55. The number of rotatable bonds is 3. The second-order valence-corrected chi connectivity index (χ2v) is 6.21. The lowest BCUT2D eigenvalue weighted by Crippen LogP contribution is -2.43. The normalized spacial score (nSPS) is 20.2. The van der Waals surface area contributed by atoms with E-state index in [1.165, 1.54) is 16.8 Å². The summed E-state index contributed by atoms with van der Waals surface area (Å²) in [6, 6.07) is 19.4. The van der Waals surface area contributed by atoms with Crippen LogP contribution in [0.15, 0.2) is 66.4 Å². The second-order valence-electron chi connectivity index (χ2n) is 6.21. The molecule has 0 radical (unpaired) electrons. The highest BCUT2D eigenvalue weighted by atomic mass is 16.1. The maximum Gasteiger partial charge on any atom is 0.157 e. The molecule has 0 spiro atoms. The fourth-order valence-corrected chi connectivity index (χ4v) is 3.51. The van der Waals surface area contributed by atoms with Gasteiger partial charge in [0.2, 0.25) is 0 Å². The molecule has 2 aromatic carbocycles. The number of anilines is 1. The van der Waals surface area contributed by atoms with Gasteiger partial charge in [-0.3, -0.25) is 9.80 Å². The van der Waals surface area contributed by atoms with Crippen LogP contribution in [0.5, 0.6) is 0 Å². The van der Waals surface area contributed by atoms with Crippen molar-refractivity contribution in [3.63, 3.8) is 0 Å². The summed E-state index contributed by atoms with van der Waals surface area (Å²) in [6.07, 6.45) is 5.31. The van der Waals surface area contributed by atoms with Gasteiger partial charge in [-0.15, -0.1) is 0 Å². The van der Waals surface area contributed by atoms with E-state index in [1.54, 1.807) is 6.08 Å². The topological polar surface area (TPSA) is 32.3 Å². The largest absolute Gasteiger partial charge is 0.302 e. The zero-order valence-electron chi connectivity index (χ0n) is 13.0. The van der Waals surface area contributed by atoms with Crippen LogP contribution in [0.25, 0.3) is 0 Å². The number of carbonyl (C=O) groups excluding carboxylic acids is 1. The van der Waals surface area contributed by atoms with Crippen molar-refractivity contribution in [1.29, 1.82) is 0 Å². The van der Waals surface area contributed by atoms with Crippen molar-refractivity contribution in [1.82, 2.24) is 5.43 Å². The molecule has 0 saturated heterocycles. The summed E-state index contributed by atoms with van der Waals surface area (Å²) in [7, 11) is 0. The van der Waals surface area contributed by atoms with Gasteiger partial charge >= 0.3 is 0 Å². The van der Waals surface area contributed by atoms with Gasteiger partial charge in [0.15, 0.2) is 5.78 Å². The highest BCUT2D eigenvalue weighted by molar-refractivity contribution is 5.92. The third kappa shape index (κ3) is 2.74. The van der Waals surface area contributed by atoms with Crippen LogP contribution in [-0.4, -0.2) is 5.78 Å². The summed E-state index contributed by atoms with van der Waals surface area (Å²) < 4.78 is 0. The number of carbonyl (C=O) groups is 1. The van der Waals surface area contributed by atoms with Crippen LogP contribution in [0.2, 0.25) is 0 Å². The minimum atomic E-state index is 0.217. The van der Waals surface area contributed by atoms with Crippen molar-refractivity contribution in [3.8, 4) is 0 Å². The predicted octanol–water partition coefficient (Wildman–Crippen LogP) is 3.93. The minimum Gasteiger partial charge on any atom is -0.302 e. The summed E-state index contributed by atoms with van der Waals surface area (Å²) >= 11 is 0. The molecule has 0 bridgehead atoms. The smallest absolute Gasteiger partial charge is 0.157 e. The zero-order valence-corrected chi connectivity index (χ0v) is 13.0. The fourth-order valence-electron chi connectivity index (χ4n) is 3.51. The molecule has 4 rings (SSSR count). The van der Waals surface area contributed by atoms with Crippen LogP contribution in [0.3, 0.4) is 0 Å². The Kier molecular flexibility index (Phi) is 3.62. The lowest BCUT2D eigenvalue weighted by Gasteiger charge is -2.40. The first-order valence-electron chi connectivity index (χ1n) is 8.23. The third-order valence-electron chi connectivity index (χ3n) is 4.67. The van der Waals surface area contributed by atoms with E-state index in [-0.39, 0.29) is 11.8 Å². The average molecular weight is 304 g/mol. The molecule has 23 heavy (non-hydrogen) atoms. The number of hydrogen-bond donors (Lipinski definition) is 1. The van der Waals surface area contributed by atoms with Crippen LogP contribution in [0, 0.1) is 0 Å². The number of aryl methyl sites for hydroxylation is 1. The molecule has 1 heterocycles. The quantitative estimate of drug-likeness (QED) is 0.932. The van der Waals surface area contributed by atoms with Crippen molar-refractivity contribution < 1.29 is 4.79 Å². The Morgan fingerprint density at radius 3 is 2.48 bits per heavy atom. The van der Waals surface area contributed by atoms with Gasteiger partial charge in [0, 0.05) is 18.2 Å². The summed E-state index contributed by atoms with van der Waals surface area (Å²) in [5.41, 5.74) is 8.43. The number of hydrazine groups is 1. The first-order chi connectivity index (χ1) is 11.3. The van der Waals surface area contributed by atoms with E-state index in [2.05, 4.69) is 65.0 Å². The molecule has 116 valence electrons. The van der Waals surface area contributed by atoms with E-state index in [1.807, 2.05) is 0 Å². The summed E-state index contributed by atoms with van der Waals surface area (Å²) in [5, 5.41) is 2.25. The van der Waals surface area contributed by atoms with Gasteiger partial charge < -0.3 is 5.43 Å². The first-order valence-corrected chi connectivity index (χ1v) is 8.23. The maximum absolute atomic E-state index is 11.6. The maximum atomic E-state index is 11.6. The molecule has 1 atom stereocenters. The molecule has 3 heteroatoms. The molecule has 0 aromatic heterocycles. The lowest BCUT2D eigenvalue weighted by molar-refractivity contribution is -0.114. The standard InChI is InChI=1S/C20H20N2O/c23-18-12-11-17(14-18)21-22-19-9-5-4-8-16(19)10-13-20(22)15-6-2-1-3-7-15/h1-9,14,20-21H,10-13H2. The van der Waals surface area contributed by atoms with E-state index < -0.39 is 0 Å². The first kappa shape index (κ1) is 14.1. The van der Waals surface area contributed by atoms with Crippen molar-refractivity contribution in [2.45, 2.75) is 31.7 Å². The highest BCUT2D eigenvalue weighted by Crippen LogP contribution is 2.37. The monoisotopic (exact) mass is 304 g/mol. The molecule has 1 unspecified atom stereocenters. The second kappa shape index (κ2) is 5.92. The van der Waals surface area contributed by atoms with E-state index in [4.69, 9.17) is 0 Å². The number of fused-ring (bicyclic) bond motifs is 1. The summed E-state index contributed by atoms with van der Waals surface area (Å²) in [5.74, 6) is 0.217. The van der Waals surface area contributed by atoms with E-state index in [9.17, 15) is 4.79 Å². The van der Waals surface area contributed by atoms with Crippen LogP contribution in [-0.2, 0) is 11.2 Å². The van der Waals surface area contributed by atoms with Gasteiger partial charge in [-0.25, -0.2) is 0 Å². The third-order valence-corrected chi connectivity index (χ3v) is 4.67. The number of para-hydroxylation sites is 1. The molecule has 2 aliphatic rings. The Labute approximate surface area is 136 Å². The van der Waals surface area contributed by atoms with Crippen LogP contribution >= 0.6 is 0 Å². The van der Waals surface area contributed by atoms with Crippen molar-refractivity contribution in [2.24, 2.45) is 0 Å². The molecule has 1 aliphatic carbocycles. The average Bonchev–Trinajstić information content (AvgIpc) is 3.01. The SMILES string of the molecule is O=C1C=C(NN2c3ccccc3CCC2c2ccccc2)CC1. The van der Waals surface area contributed by atoms with Crippen molar-refractivity contribution in [3.05, 3.63) is 77.5 Å². The number of ketones is 1. The Balaban J connectivity index is 1.71. The summed E-state index contributed by atoms with van der Waals surface area (Å²) in [4.78, 5) is 11.6. The van der Waals surface area contributed by atoms with Gasteiger partial charge in [-0.1, -0.05) is 48.5 Å².